The molecule has 3 aliphatic rings. The van der Waals surface area contributed by atoms with E-state index >= 15 is 0 Å². The van der Waals surface area contributed by atoms with Gasteiger partial charge in [-0.2, -0.15) is 0 Å². The Bertz CT molecular complexity index is 837. The number of sulfonamides is 1. The van der Waals surface area contributed by atoms with E-state index < -0.39 is 10.0 Å². The predicted molar refractivity (Wildman–Crippen MR) is 95.3 cm³/mol. The molecule has 25 heavy (non-hydrogen) atoms. The summed E-state index contributed by atoms with van der Waals surface area (Å²) in [6.45, 7) is 0.382. The Kier molecular flexibility index (Phi) is 4.29. The Hall–Kier alpha value is -2.22. The number of hydrogen-bond donors (Lipinski definition) is 0. The van der Waals surface area contributed by atoms with Crippen molar-refractivity contribution < 1.29 is 13.2 Å². The van der Waals surface area contributed by atoms with Crippen LogP contribution in [0.4, 0.5) is 0 Å². The Morgan fingerprint density at radius 1 is 1.16 bits per heavy atom. The van der Waals surface area contributed by atoms with Crippen molar-refractivity contribution in [3.63, 3.8) is 0 Å². The third kappa shape index (κ3) is 3.58. The van der Waals surface area contributed by atoms with Gasteiger partial charge in [0.05, 0.1) is 5.75 Å². The van der Waals surface area contributed by atoms with Crippen molar-refractivity contribution in [2.75, 3.05) is 12.3 Å². The van der Waals surface area contributed by atoms with Crippen LogP contribution < -0.4 is 4.74 Å². The van der Waals surface area contributed by atoms with Crippen LogP contribution in [0.15, 0.2) is 40.1 Å². The Balaban J connectivity index is 1.56. The molecule has 0 radical (unpaired) electrons. The van der Waals surface area contributed by atoms with Crippen LogP contribution in [0.3, 0.4) is 0 Å². The summed E-state index contributed by atoms with van der Waals surface area (Å²) in [5.74, 6) is 0.967. The number of fused-ring (bicyclic) bond motifs is 1. The van der Waals surface area contributed by atoms with Gasteiger partial charge in [-0.15, -0.1) is 4.40 Å². The summed E-state index contributed by atoms with van der Waals surface area (Å²) < 4.78 is 33.5. The van der Waals surface area contributed by atoms with E-state index in [4.69, 9.17) is 4.74 Å². The molecule has 1 aromatic rings. The smallest absolute Gasteiger partial charge is 0.256 e. The molecule has 0 N–H and O–H groups in total. The van der Waals surface area contributed by atoms with Gasteiger partial charge in [-0.1, -0.05) is 6.42 Å². The molecular weight excluding hydrogens is 340 g/mol. The van der Waals surface area contributed by atoms with E-state index in [1.807, 2.05) is 12.1 Å². The first-order chi connectivity index (χ1) is 12.1. The lowest BCUT2D eigenvalue weighted by molar-refractivity contribution is 0.148. The van der Waals surface area contributed by atoms with Crippen LogP contribution in [-0.4, -0.2) is 48.3 Å². The Morgan fingerprint density at radius 3 is 2.76 bits per heavy atom. The number of pyridine rings is 1. The van der Waals surface area contributed by atoms with Crippen molar-refractivity contribution in [1.29, 1.82) is 0 Å². The minimum atomic E-state index is -3.43. The molecule has 1 fully saturated rings. The van der Waals surface area contributed by atoms with Gasteiger partial charge in [0.25, 0.3) is 10.0 Å². The van der Waals surface area contributed by atoms with Crippen molar-refractivity contribution in [2.24, 2.45) is 9.39 Å². The van der Waals surface area contributed by atoms with Crippen LogP contribution in [0.1, 0.15) is 37.7 Å². The quantitative estimate of drug-likeness (QED) is 0.824. The lowest BCUT2D eigenvalue weighted by Gasteiger charge is -2.28. The summed E-state index contributed by atoms with van der Waals surface area (Å²) in [5, 5.41) is 0. The highest BCUT2D eigenvalue weighted by Gasteiger charge is 2.28. The number of aromatic nitrogens is 1. The highest BCUT2D eigenvalue weighted by atomic mass is 32.2. The van der Waals surface area contributed by atoms with E-state index in [0.717, 1.165) is 18.4 Å². The zero-order valence-electron chi connectivity index (χ0n) is 13.8. The summed E-state index contributed by atoms with van der Waals surface area (Å²) in [5.41, 5.74) is 1.24. The number of nitrogens with zero attached hydrogens (tertiary/aromatic N) is 4. The van der Waals surface area contributed by atoms with Gasteiger partial charge in [-0.3, -0.25) is 4.99 Å². The van der Waals surface area contributed by atoms with Gasteiger partial charge in [0, 0.05) is 36.8 Å². The highest BCUT2D eigenvalue weighted by Crippen LogP contribution is 2.23. The second-order valence-electron chi connectivity index (χ2n) is 6.43. The van der Waals surface area contributed by atoms with Crippen molar-refractivity contribution in [1.82, 2.24) is 9.88 Å². The van der Waals surface area contributed by atoms with Gasteiger partial charge < -0.3 is 9.64 Å². The molecule has 0 spiro atoms. The van der Waals surface area contributed by atoms with Crippen molar-refractivity contribution in [3.05, 3.63) is 36.3 Å². The molecule has 0 saturated heterocycles. The molecule has 0 bridgehead atoms. The third-order valence-corrected chi connectivity index (χ3v) is 5.75. The summed E-state index contributed by atoms with van der Waals surface area (Å²) in [4.78, 5) is 10.5. The molecule has 1 aromatic heterocycles. The molecule has 1 aliphatic carbocycles. The number of rotatable bonds is 3. The maximum Gasteiger partial charge on any atom is 0.256 e. The van der Waals surface area contributed by atoms with Gasteiger partial charge in [0.1, 0.15) is 11.8 Å². The molecule has 1 saturated carbocycles. The van der Waals surface area contributed by atoms with E-state index in [9.17, 15) is 8.42 Å². The first-order valence-corrected chi connectivity index (χ1v) is 10.2. The summed E-state index contributed by atoms with van der Waals surface area (Å²) in [6, 6.07) is 3.66. The lowest BCUT2D eigenvalue weighted by Crippen LogP contribution is -2.42. The van der Waals surface area contributed by atoms with Crippen molar-refractivity contribution in [3.8, 4) is 5.88 Å². The zero-order chi connectivity index (χ0) is 17.3. The van der Waals surface area contributed by atoms with Crippen LogP contribution in [0.25, 0.3) is 0 Å². The van der Waals surface area contributed by atoms with Crippen LogP contribution in [0.5, 0.6) is 5.88 Å². The zero-order valence-corrected chi connectivity index (χ0v) is 14.7. The fourth-order valence-corrected chi connectivity index (χ4v) is 4.24. The van der Waals surface area contributed by atoms with Gasteiger partial charge in [-0.25, -0.2) is 13.4 Å². The molecule has 0 atom stereocenters. The first kappa shape index (κ1) is 16.3. The standard InChI is InChI=1S/C17H20N4O3S/c22-25(23)11-10-21-9-8-18-16(17(21)20-25)13-6-7-15(19-12-13)24-14-4-2-1-3-5-14/h6-9,12,14H,1-5,10-11H2. The maximum absolute atomic E-state index is 11.8. The van der Waals surface area contributed by atoms with E-state index in [-0.39, 0.29) is 11.9 Å². The van der Waals surface area contributed by atoms with E-state index in [1.165, 1.54) is 19.3 Å². The summed E-state index contributed by atoms with van der Waals surface area (Å²) in [6.07, 6.45) is 11.1. The minimum Gasteiger partial charge on any atom is -0.474 e. The second kappa shape index (κ2) is 6.59. The average Bonchev–Trinajstić information content (AvgIpc) is 2.62. The molecule has 132 valence electrons. The molecule has 0 unspecified atom stereocenters. The largest absolute Gasteiger partial charge is 0.474 e. The van der Waals surface area contributed by atoms with Crippen LogP contribution in [0.2, 0.25) is 0 Å². The number of ether oxygens (including phenoxy) is 1. The van der Waals surface area contributed by atoms with E-state index in [0.29, 0.717) is 24.0 Å². The predicted octanol–water partition coefficient (Wildman–Crippen LogP) is 2.11. The number of hydrogen-bond acceptors (Lipinski definition) is 6. The number of aliphatic imine (C=N–C) groups is 1. The highest BCUT2D eigenvalue weighted by molar-refractivity contribution is 7.90. The third-order valence-electron chi connectivity index (χ3n) is 4.60. The number of amidine groups is 1. The fourth-order valence-electron chi connectivity index (χ4n) is 3.27. The molecule has 2 aliphatic heterocycles. The molecule has 0 amide bonds. The molecule has 7 nitrogen and oxygen atoms in total. The van der Waals surface area contributed by atoms with Gasteiger partial charge in [0.2, 0.25) is 5.88 Å². The van der Waals surface area contributed by atoms with Crippen LogP contribution in [-0.2, 0) is 10.0 Å². The van der Waals surface area contributed by atoms with Crippen molar-refractivity contribution >= 4 is 21.6 Å². The Morgan fingerprint density at radius 2 is 2.00 bits per heavy atom. The monoisotopic (exact) mass is 360 g/mol. The van der Waals surface area contributed by atoms with Crippen LogP contribution >= 0.6 is 0 Å². The summed E-state index contributed by atoms with van der Waals surface area (Å²) in [7, 11) is -3.43. The second-order valence-corrected chi connectivity index (χ2v) is 8.19. The van der Waals surface area contributed by atoms with E-state index in [2.05, 4.69) is 14.4 Å². The maximum atomic E-state index is 11.8. The molecular formula is C17H20N4O3S. The topological polar surface area (TPSA) is 84.2 Å². The molecule has 8 heteroatoms. The van der Waals surface area contributed by atoms with Crippen molar-refractivity contribution in [2.45, 2.75) is 38.2 Å². The first-order valence-electron chi connectivity index (χ1n) is 8.58. The lowest BCUT2D eigenvalue weighted by atomic mass is 9.98. The normalized spacial score (nSPS) is 22.8. The minimum absolute atomic E-state index is 0.0144. The fraction of sp³-hybridized carbons (Fsp3) is 0.471. The molecule has 0 aromatic carbocycles. The molecule has 3 heterocycles. The average molecular weight is 360 g/mol. The van der Waals surface area contributed by atoms with Gasteiger partial charge in [-0.05, 0) is 31.7 Å². The van der Waals surface area contributed by atoms with Crippen LogP contribution in [0, 0.1) is 0 Å². The van der Waals surface area contributed by atoms with E-state index in [1.54, 1.807) is 23.5 Å². The molecule has 4 rings (SSSR count). The van der Waals surface area contributed by atoms with Gasteiger partial charge in [0.15, 0.2) is 5.84 Å². The summed E-state index contributed by atoms with van der Waals surface area (Å²) >= 11 is 0. The Labute approximate surface area is 147 Å². The van der Waals surface area contributed by atoms with Gasteiger partial charge >= 0.3 is 0 Å². The SMILES string of the molecule is O=S1(=O)CCN2C=CN=C(c3ccc(OC4CCCCC4)nc3)C2=N1.